The molecule has 0 spiro atoms. The molecule has 0 bridgehead atoms. The summed E-state index contributed by atoms with van der Waals surface area (Å²) in [6.07, 6.45) is 0. The molecule has 2 N–H and O–H groups in total. The van der Waals surface area contributed by atoms with Gasteiger partial charge in [0.2, 0.25) is 0 Å². The number of aromatic nitrogens is 3. The largest absolute Gasteiger partial charge is 0.375 e. The van der Waals surface area contributed by atoms with Gasteiger partial charge < -0.3 is 10.3 Å². The number of nitrogen functional groups attached to an aromatic ring is 1. The van der Waals surface area contributed by atoms with E-state index in [1.54, 1.807) is 0 Å². The molecule has 0 amide bonds. The molecule has 0 aromatic carbocycles. The zero-order valence-corrected chi connectivity index (χ0v) is 12.4. The van der Waals surface area contributed by atoms with Gasteiger partial charge in [-0.25, -0.2) is 4.98 Å². The summed E-state index contributed by atoms with van der Waals surface area (Å²) in [5.41, 5.74) is 6.53. The fourth-order valence-electron chi connectivity index (χ4n) is 2.04. The first-order valence-electron chi connectivity index (χ1n) is 6.00. The van der Waals surface area contributed by atoms with Crippen LogP contribution in [0.25, 0.3) is 10.8 Å². The van der Waals surface area contributed by atoms with Crippen molar-refractivity contribution in [1.82, 2.24) is 20.0 Å². The average Bonchev–Trinajstić information content (AvgIpc) is 2.96. The first-order valence-corrected chi connectivity index (χ1v) is 7.97. The summed E-state index contributed by atoms with van der Waals surface area (Å²) >= 11 is 3.30. The summed E-state index contributed by atoms with van der Waals surface area (Å²) in [6, 6.07) is 0.224. The smallest absolute Gasteiger partial charge is 0.270 e. The van der Waals surface area contributed by atoms with Gasteiger partial charge in [-0.1, -0.05) is 16.5 Å². The number of thioether (sulfide) groups is 1. The van der Waals surface area contributed by atoms with E-state index in [9.17, 15) is 0 Å². The SMILES string of the molecule is Cc1nc(N)sc1-c1nc(C2CSCCN2C)no1. The Morgan fingerprint density at radius 2 is 2.26 bits per heavy atom. The molecule has 102 valence electrons. The number of hydrogen-bond acceptors (Lipinski definition) is 8. The lowest BCUT2D eigenvalue weighted by atomic mass is 10.3. The fraction of sp³-hybridized carbons (Fsp3) is 0.545. The molecule has 3 heterocycles. The zero-order valence-electron chi connectivity index (χ0n) is 10.8. The van der Waals surface area contributed by atoms with Gasteiger partial charge in [0, 0.05) is 18.1 Å². The Kier molecular flexibility index (Phi) is 3.46. The molecule has 1 aliphatic rings. The van der Waals surface area contributed by atoms with Crippen LogP contribution in [0, 0.1) is 6.92 Å². The van der Waals surface area contributed by atoms with Gasteiger partial charge in [0.1, 0.15) is 4.88 Å². The van der Waals surface area contributed by atoms with Crippen LogP contribution >= 0.6 is 23.1 Å². The highest BCUT2D eigenvalue weighted by Crippen LogP contribution is 2.32. The van der Waals surface area contributed by atoms with Crippen molar-refractivity contribution in [2.45, 2.75) is 13.0 Å². The summed E-state index contributed by atoms with van der Waals surface area (Å²) < 4.78 is 5.36. The Morgan fingerprint density at radius 3 is 2.95 bits per heavy atom. The van der Waals surface area contributed by atoms with E-state index < -0.39 is 0 Å². The number of anilines is 1. The van der Waals surface area contributed by atoms with Gasteiger partial charge in [-0.15, -0.1) is 0 Å². The number of thiazole rings is 1. The fourth-order valence-corrected chi connectivity index (χ4v) is 4.00. The second-order valence-electron chi connectivity index (χ2n) is 4.50. The molecule has 0 saturated carbocycles. The molecule has 1 saturated heterocycles. The number of nitrogens with zero attached hydrogens (tertiary/aromatic N) is 4. The molecule has 0 aliphatic carbocycles. The normalized spacial score (nSPS) is 20.8. The van der Waals surface area contributed by atoms with Crippen molar-refractivity contribution in [2.24, 2.45) is 0 Å². The molecule has 1 fully saturated rings. The number of nitrogens with two attached hydrogens (primary N) is 1. The summed E-state index contributed by atoms with van der Waals surface area (Å²) in [4.78, 5) is 11.8. The van der Waals surface area contributed by atoms with Crippen LogP contribution in [0.1, 0.15) is 17.6 Å². The number of aryl methyl sites for hydroxylation is 1. The minimum atomic E-state index is 0.224. The first-order chi connectivity index (χ1) is 9.15. The third kappa shape index (κ3) is 2.47. The van der Waals surface area contributed by atoms with Crippen LogP contribution in [0.15, 0.2) is 4.52 Å². The minimum Gasteiger partial charge on any atom is -0.375 e. The molecule has 0 radical (unpaired) electrons. The number of hydrogen-bond donors (Lipinski definition) is 1. The van der Waals surface area contributed by atoms with Crippen molar-refractivity contribution in [2.75, 3.05) is 30.8 Å². The maximum Gasteiger partial charge on any atom is 0.270 e. The predicted molar refractivity (Wildman–Crippen MR) is 77.3 cm³/mol. The Morgan fingerprint density at radius 1 is 1.42 bits per heavy atom. The molecule has 8 heteroatoms. The van der Waals surface area contributed by atoms with Crippen molar-refractivity contribution >= 4 is 28.2 Å². The van der Waals surface area contributed by atoms with Crippen molar-refractivity contribution in [3.8, 4) is 10.8 Å². The third-order valence-electron chi connectivity index (χ3n) is 3.14. The van der Waals surface area contributed by atoms with E-state index in [-0.39, 0.29) is 6.04 Å². The van der Waals surface area contributed by atoms with E-state index in [2.05, 4.69) is 27.1 Å². The van der Waals surface area contributed by atoms with E-state index in [0.29, 0.717) is 11.0 Å². The number of rotatable bonds is 2. The van der Waals surface area contributed by atoms with Gasteiger partial charge in [-0.05, 0) is 14.0 Å². The predicted octanol–water partition coefficient (Wildman–Crippen LogP) is 1.80. The monoisotopic (exact) mass is 297 g/mol. The van der Waals surface area contributed by atoms with E-state index in [1.165, 1.54) is 11.3 Å². The standard InChI is InChI=1S/C11H15N5OS2/c1-6-8(19-11(12)13-6)10-14-9(15-17-10)7-5-18-4-3-16(7)2/h7H,3-5H2,1-2H3,(H2,12,13). The lowest BCUT2D eigenvalue weighted by molar-refractivity contribution is 0.257. The van der Waals surface area contributed by atoms with Gasteiger partial charge in [0.05, 0.1) is 11.7 Å². The summed E-state index contributed by atoms with van der Waals surface area (Å²) in [5.74, 6) is 3.42. The van der Waals surface area contributed by atoms with Crippen LogP contribution in [-0.4, -0.2) is 45.1 Å². The van der Waals surface area contributed by atoms with Crippen molar-refractivity contribution in [3.63, 3.8) is 0 Å². The maximum absolute atomic E-state index is 5.69. The lowest BCUT2D eigenvalue weighted by Gasteiger charge is -2.29. The highest BCUT2D eigenvalue weighted by molar-refractivity contribution is 7.99. The Balaban J connectivity index is 1.88. The maximum atomic E-state index is 5.69. The van der Waals surface area contributed by atoms with Gasteiger partial charge in [-0.2, -0.15) is 16.7 Å². The van der Waals surface area contributed by atoms with Gasteiger partial charge in [-0.3, -0.25) is 4.90 Å². The van der Waals surface area contributed by atoms with Crippen molar-refractivity contribution in [3.05, 3.63) is 11.5 Å². The highest BCUT2D eigenvalue weighted by atomic mass is 32.2. The third-order valence-corrected chi connectivity index (χ3v) is 5.14. The van der Waals surface area contributed by atoms with Gasteiger partial charge in [0.15, 0.2) is 11.0 Å². The van der Waals surface area contributed by atoms with Crippen LogP contribution < -0.4 is 5.73 Å². The lowest BCUT2D eigenvalue weighted by Crippen LogP contribution is -2.33. The van der Waals surface area contributed by atoms with E-state index in [0.717, 1.165) is 34.4 Å². The molecule has 1 atom stereocenters. The van der Waals surface area contributed by atoms with E-state index in [4.69, 9.17) is 10.3 Å². The topological polar surface area (TPSA) is 81.1 Å². The molecular weight excluding hydrogens is 282 g/mol. The molecule has 1 aliphatic heterocycles. The second-order valence-corrected chi connectivity index (χ2v) is 6.68. The van der Waals surface area contributed by atoms with E-state index >= 15 is 0 Å². The van der Waals surface area contributed by atoms with Crippen LogP contribution in [0.3, 0.4) is 0 Å². The Labute approximate surface area is 119 Å². The molecule has 2 aromatic rings. The Hall–Kier alpha value is -1.12. The molecule has 19 heavy (non-hydrogen) atoms. The quantitative estimate of drug-likeness (QED) is 0.905. The van der Waals surface area contributed by atoms with Crippen LogP contribution in [0.5, 0.6) is 0 Å². The first kappa shape index (κ1) is 12.9. The molecule has 2 aromatic heterocycles. The summed E-state index contributed by atoms with van der Waals surface area (Å²) in [5, 5.41) is 4.64. The van der Waals surface area contributed by atoms with Gasteiger partial charge in [0.25, 0.3) is 5.89 Å². The van der Waals surface area contributed by atoms with Crippen molar-refractivity contribution in [1.29, 1.82) is 0 Å². The van der Waals surface area contributed by atoms with Gasteiger partial charge >= 0.3 is 0 Å². The molecule has 6 nitrogen and oxygen atoms in total. The summed E-state index contributed by atoms with van der Waals surface area (Å²) in [6.45, 7) is 2.94. The van der Waals surface area contributed by atoms with Crippen LogP contribution in [0.4, 0.5) is 5.13 Å². The van der Waals surface area contributed by atoms with Crippen LogP contribution in [0.2, 0.25) is 0 Å². The zero-order chi connectivity index (χ0) is 13.4. The highest BCUT2D eigenvalue weighted by Gasteiger charge is 2.26. The van der Waals surface area contributed by atoms with Crippen molar-refractivity contribution < 1.29 is 4.52 Å². The average molecular weight is 297 g/mol. The molecule has 1 unspecified atom stereocenters. The van der Waals surface area contributed by atoms with Crippen LogP contribution in [-0.2, 0) is 0 Å². The minimum absolute atomic E-state index is 0.224. The second kappa shape index (κ2) is 5.10. The molecule has 3 rings (SSSR count). The molecular formula is C11H15N5OS2. The summed E-state index contributed by atoms with van der Waals surface area (Å²) in [7, 11) is 2.09. The van der Waals surface area contributed by atoms with E-state index in [1.807, 2.05) is 18.7 Å². The Bertz CT molecular complexity index is 581.